The summed E-state index contributed by atoms with van der Waals surface area (Å²) in [5.41, 5.74) is 0.592. The molecule has 0 saturated heterocycles. The van der Waals surface area contributed by atoms with Gasteiger partial charge in [0, 0.05) is 0 Å². The van der Waals surface area contributed by atoms with E-state index < -0.39 is 8.07 Å². The van der Waals surface area contributed by atoms with E-state index in [1.54, 1.807) is 0 Å². The molecule has 0 aliphatic heterocycles. The van der Waals surface area contributed by atoms with E-state index in [-0.39, 0.29) is 6.10 Å². The lowest BCUT2D eigenvalue weighted by atomic mass is 10.4. The summed E-state index contributed by atoms with van der Waals surface area (Å²) in [6.07, 6.45) is 1.01. The first kappa shape index (κ1) is 8.97. The number of benzene rings is 1. The molecule has 2 heteroatoms. The smallest absolute Gasteiger partial charge is 0.0863 e. The summed E-state index contributed by atoms with van der Waals surface area (Å²) in [5, 5.41) is 10.9. The monoisotopic (exact) mass is 192 g/mol. The van der Waals surface area contributed by atoms with Crippen molar-refractivity contribution in [1.29, 1.82) is 0 Å². The van der Waals surface area contributed by atoms with E-state index in [1.807, 2.05) is 0 Å². The molecule has 0 unspecified atom stereocenters. The maximum atomic E-state index is 9.46. The third-order valence-electron chi connectivity index (χ3n) is 3.20. The molecular weight excluding hydrogens is 176 g/mol. The minimum Gasteiger partial charge on any atom is -0.393 e. The average molecular weight is 192 g/mol. The van der Waals surface area contributed by atoms with Gasteiger partial charge in [-0.1, -0.05) is 48.6 Å². The molecule has 1 fully saturated rings. The minimum absolute atomic E-state index is 0.0122. The summed E-state index contributed by atoms with van der Waals surface area (Å²) in [7, 11) is -1.36. The second-order valence-corrected chi connectivity index (χ2v) is 9.26. The fourth-order valence-corrected chi connectivity index (χ4v) is 5.31. The third kappa shape index (κ3) is 1.56. The predicted molar refractivity (Wildman–Crippen MR) is 57.9 cm³/mol. The molecule has 0 bridgehead atoms. The van der Waals surface area contributed by atoms with Crippen LogP contribution in [-0.4, -0.2) is 19.3 Å². The molecule has 1 aliphatic rings. The maximum Gasteiger partial charge on any atom is 0.0863 e. The molecule has 0 heterocycles. The molecule has 1 aromatic carbocycles. The van der Waals surface area contributed by atoms with Gasteiger partial charge in [0.2, 0.25) is 0 Å². The van der Waals surface area contributed by atoms with Crippen molar-refractivity contribution in [3.63, 3.8) is 0 Å². The van der Waals surface area contributed by atoms with Crippen LogP contribution in [0.2, 0.25) is 18.6 Å². The first-order chi connectivity index (χ1) is 6.12. The third-order valence-corrected chi connectivity index (χ3v) is 7.50. The quantitative estimate of drug-likeness (QED) is 0.708. The Bertz CT molecular complexity index is 294. The minimum atomic E-state index is -1.36. The van der Waals surface area contributed by atoms with Crippen molar-refractivity contribution in [3.05, 3.63) is 30.3 Å². The lowest BCUT2D eigenvalue weighted by molar-refractivity contribution is 0.278. The number of aliphatic hydroxyl groups is 1. The highest BCUT2D eigenvalue weighted by molar-refractivity contribution is 6.91. The molecular formula is C11H16OSi. The van der Waals surface area contributed by atoms with Crippen molar-refractivity contribution in [3.8, 4) is 0 Å². The Balaban J connectivity index is 2.25. The van der Waals surface area contributed by atoms with Crippen LogP contribution in [0.25, 0.3) is 0 Å². The summed E-state index contributed by atoms with van der Waals surface area (Å²) in [4.78, 5) is 0. The fraction of sp³-hybridized carbons (Fsp3) is 0.455. The molecule has 1 N–H and O–H groups in total. The molecule has 0 aromatic heterocycles. The Labute approximate surface area is 80.4 Å². The second-order valence-electron chi connectivity index (χ2n) is 4.50. The van der Waals surface area contributed by atoms with Gasteiger partial charge in [0.25, 0.3) is 0 Å². The van der Waals surface area contributed by atoms with E-state index in [4.69, 9.17) is 0 Å². The van der Waals surface area contributed by atoms with Crippen molar-refractivity contribution in [2.75, 3.05) is 0 Å². The van der Waals surface area contributed by atoms with E-state index in [0.717, 1.165) is 6.42 Å². The molecule has 0 spiro atoms. The van der Waals surface area contributed by atoms with Crippen LogP contribution >= 0.6 is 0 Å². The molecule has 0 amide bonds. The molecule has 1 aromatic rings. The lowest BCUT2D eigenvalue weighted by Gasteiger charge is -2.22. The van der Waals surface area contributed by atoms with Crippen LogP contribution in [0.1, 0.15) is 6.42 Å². The highest BCUT2D eigenvalue weighted by Gasteiger charge is 2.48. The normalized spacial score (nSPS) is 27.3. The number of aliphatic hydroxyl groups excluding tert-OH is 1. The van der Waals surface area contributed by atoms with Gasteiger partial charge in [-0.2, -0.15) is 0 Å². The zero-order valence-electron chi connectivity index (χ0n) is 8.20. The van der Waals surface area contributed by atoms with Crippen LogP contribution in [-0.2, 0) is 0 Å². The number of rotatable bonds is 2. The van der Waals surface area contributed by atoms with Crippen molar-refractivity contribution < 1.29 is 5.11 Å². The van der Waals surface area contributed by atoms with Gasteiger partial charge in [0.05, 0.1) is 14.2 Å². The molecule has 13 heavy (non-hydrogen) atoms. The van der Waals surface area contributed by atoms with Crippen molar-refractivity contribution in [2.45, 2.75) is 31.2 Å². The maximum absolute atomic E-state index is 9.46. The largest absolute Gasteiger partial charge is 0.393 e. The van der Waals surface area contributed by atoms with Gasteiger partial charge < -0.3 is 5.11 Å². The van der Waals surface area contributed by atoms with E-state index in [2.05, 4.69) is 43.4 Å². The van der Waals surface area contributed by atoms with Gasteiger partial charge in [-0.3, -0.25) is 0 Å². The van der Waals surface area contributed by atoms with Gasteiger partial charge >= 0.3 is 0 Å². The number of hydrogen-bond acceptors (Lipinski definition) is 1. The Hall–Kier alpha value is -0.603. The van der Waals surface area contributed by atoms with Crippen molar-refractivity contribution in [2.24, 2.45) is 0 Å². The lowest BCUT2D eigenvalue weighted by Crippen LogP contribution is -2.42. The first-order valence-electron chi connectivity index (χ1n) is 4.86. The van der Waals surface area contributed by atoms with E-state index >= 15 is 0 Å². The van der Waals surface area contributed by atoms with Crippen LogP contribution in [0.15, 0.2) is 30.3 Å². The Kier molecular flexibility index (Phi) is 2.04. The molecule has 0 radical (unpaired) electrons. The van der Waals surface area contributed by atoms with Gasteiger partial charge in [-0.15, -0.1) is 0 Å². The molecule has 1 aliphatic carbocycles. The Morgan fingerprint density at radius 3 is 2.23 bits per heavy atom. The Morgan fingerprint density at radius 2 is 1.77 bits per heavy atom. The molecule has 2 rings (SSSR count). The summed E-state index contributed by atoms with van der Waals surface area (Å²) in [6, 6.07) is 10.7. The Morgan fingerprint density at radius 1 is 1.23 bits per heavy atom. The summed E-state index contributed by atoms with van der Waals surface area (Å²) < 4.78 is 0. The van der Waals surface area contributed by atoms with Crippen LogP contribution in [0.4, 0.5) is 0 Å². The summed E-state index contributed by atoms with van der Waals surface area (Å²) in [5.74, 6) is 0. The second kappa shape index (κ2) is 2.96. The van der Waals surface area contributed by atoms with Gasteiger partial charge in [0.1, 0.15) is 0 Å². The standard InChI is InChI=1S/C11H16OSi/c1-13(2,11-8-10(11)12)9-6-4-3-5-7-9/h3-7,10-12H,8H2,1-2H3/t10-,11+/m1/s1. The molecule has 70 valence electrons. The fourth-order valence-electron chi connectivity index (χ4n) is 2.04. The first-order valence-corrected chi connectivity index (χ1v) is 7.93. The predicted octanol–water partition coefficient (Wildman–Crippen LogP) is 1.74. The van der Waals surface area contributed by atoms with Crippen molar-refractivity contribution in [1.82, 2.24) is 0 Å². The van der Waals surface area contributed by atoms with E-state index in [0.29, 0.717) is 5.54 Å². The van der Waals surface area contributed by atoms with Crippen molar-refractivity contribution >= 4 is 13.3 Å². The van der Waals surface area contributed by atoms with Crippen LogP contribution in [0, 0.1) is 0 Å². The molecule has 1 saturated carbocycles. The molecule has 1 nitrogen and oxygen atoms in total. The van der Waals surface area contributed by atoms with Crippen LogP contribution in [0.3, 0.4) is 0 Å². The number of hydrogen-bond donors (Lipinski definition) is 1. The zero-order chi connectivity index (χ0) is 9.47. The topological polar surface area (TPSA) is 20.2 Å². The highest BCUT2D eigenvalue weighted by atomic mass is 28.3. The van der Waals surface area contributed by atoms with Crippen LogP contribution < -0.4 is 5.19 Å². The van der Waals surface area contributed by atoms with Gasteiger partial charge in [-0.05, 0) is 12.0 Å². The van der Waals surface area contributed by atoms with Gasteiger partial charge in [0.15, 0.2) is 0 Å². The highest BCUT2D eigenvalue weighted by Crippen LogP contribution is 2.45. The summed E-state index contributed by atoms with van der Waals surface area (Å²) >= 11 is 0. The van der Waals surface area contributed by atoms with E-state index in [9.17, 15) is 5.11 Å². The zero-order valence-corrected chi connectivity index (χ0v) is 9.20. The van der Waals surface area contributed by atoms with Gasteiger partial charge in [-0.25, -0.2) is 0 Å². The van der Waals surface area contributed by atoms with Crippen LogP contribution in [0.5, 0.6) is 0 Å². The van der Waals surface area contributed by atoms with E-state index in [1.165, 1.54) is 5.19 Å². The summed E-state index contributed by atoms with van der Waals surface area (Å²) in [6.45, 7) is 4.70. The average Bonchev–Trinajstić information content (AvgIpc) is 2.85. The SMILES string of the molecule is C[Si](C)(c1ccccc1)[C@H]1C[C@H]1O. The molecule has 2 atom stereocenters.